The Morgan fingerprint density at radius 3 is 2.53 bits per heavy atom. The Morgan fingerprint density at radius 2 is 1.95 bits per heavy atom. The lowest BCUT2D eigenvalue weighted by atomic mass is 10.0. The van der Waals surface area contributed by atoms with Crippen molar-refractivity contribution in [3.05, 3.63) is 35.9 Å². The van der Waals surface area contributed by atoms with Gasteiger partial charge in [-0.3, -0.25) is 4.79 Å². The van der Waals surface area contributed by atoms with Crippen molar-refractivity contribution in [3.63, 3.8) is 0 Å². The van der Waals surface area contributed by atoms with Crippen molar-refractivity contribution < 1.29 is 18.0 Å². The summed E-state index contributed by atoms with van der Waals surface area (Å²) in [7, 11) is 0. The zero-order chi connectivity index (χ0) is 14.0. The third-order valence-corrected chi connectivity index (χ3v) is 3.19. The largest absolute Gasteiger partial charge is 0.471 e. The first-order valence-corrected chi connectivity index (χ1v) is 6.05. The van der Waals surface area contributed by atoms with Crippen LogP contribution < -0.4 is 5.32 Å². The van der Waals surface area contributed by atoms with Gasteiger partial charge in [0, 0.05) is 19.1 Å². The highest BCUT2D eigenvalue weighted by Gasteiger charge is 2.46. The molecule has 1 aliphatic heterocycles. The molecule has 19 heavy (non-hydrogen) atoms. The van der Waals surface area contributed by atoms with Gasteiger partial charge in [0.25, 0.3) is 0 Å². The Bertz CT molecular complexity index is 447. The Labute approximate surface area is 109 Å². The normalized spacial score (nSPS) is 24.3. The molecule has 0 radical (unpaired) electrons. The van der Waals surface area contributed by atoms with Gasteiger partial charge in [0.05, 0.1) is 6.04 Å². The first kappa shape index (κ1) is 13.9. The molecule has 104 valence electrons. The number of alkyl halides is 3. The van der Waals surface area contributed by atoms with E-state index in [1.54, 1.807) is 37.3 Å². The van der Waals surface area contributed by atoms with Crippen LogP contribution in [-0.2, 0) is 4.79 Å². The maximum Gasteiger partial charge on any atom is 0.471 e. The highest BCUT2D eigenvalue weighted by atomic mass is 19.4. The fraction of sp³-hybridized carbons (Fsp3) is 0.462. The van der Waals surface area contributed by atoms with Gasteiger partial charge in [-0.25, -0.2) is 0 Å². The minimum absolute atomic E-state index is 0.0535. The standard InChI is InChI=1S/C13H15F3N2O/c1-9-8-18(12(19)13(14,15)16)11(7-17-9)10-5-3-2-4-6-10/h2-6,9,11,17H,7-8H2,1H3/t9-,11-/m1/s1. The molecule has 0 spiro atoms. The summed E-state index contributed by atoms with van der Waals surface area (Å²) in [5.74, 6) is -1.77. The molecule has 0 aromatic heterocycles. The number of rotatable bonds is 1. The average Bonchev–Trinajstić information content (AvgIpc) is 2.37. The number of carbonyl (C=O) groups is 1. The van der Waals surface area contributed by atoms with E-state index in [1.807, 2.05) is 0 Å². The van der Waals surface area contributed by atoms with Gasteiger partial charge in [0.1, 0.15) is 0 Å². The van der Waals surface area contributed by atoms with Gasteiger partial charge < -0.3 is 10.2 Å². The third kappa shape index (κ3) is 3.07. The lowest BCUT2D eigenvalue weighted by Crippen LogP contribution is -2.56. The quantitative estimate of drug-likeness (QED) is 0.849. The Hall–Kier alpha value is -1.56. The molecule has 0 aliphatic carbocycles. The number of piperazine rings is 1. The first-order valence-electron chi connectivity index (χ1n) is 6.05. The summed E-state index contributed by atoms with van der Waals surface area (Å²) in [6.07, 6.45) is -4.83. The van der Waals surface area contributed by atoms with Gasteiger partial charge in [0.2, 0.25) is 0 Å². The van der Waals surface area contributed by atoms with Gasteiger partial charge in [0.15, 0.2) is 0 Å². The number of carbonyl (C=O) groups excluding carboxylic acids is 1. The lowest BCUT2D eigenvalue weighted by molar-refractivity contribution is -0.189. The number of amides is 1. The molecule has 2 rings (SSSR count). The third-order valence-electron chi connectivity index (χ3n) is 3.19. The van der Waals surface area contributed by atoms with E-state index >= 15 is 0 Å². The molecule has 0 unspecified atom stereocenters. The minimum Gasteiger partial charge on any atom is -0.325 e. The molecule has 2 atom stereocenters. The summed E-state index contributed by atoms with van der Waals surface area (Å²) in [5.41, 5.74) is 0.708. The van der Waals surface area contributed by atoms with Gasteiger partial charge in [-0.2, -0.15) is 13.2 Å². The van der Waals surface area contributed by atoms with Crippen LogP contribution in [0, 0.1) is 0 Å². The summed E-state index contributed by atoms with van der Waals surface area (Å²) in [6.45, 7) is 2.14. The van der Waals surface area contributed by atoms with Crippen molar-refractivity contribution >= 4 is 5.91 Å². The zero-order valence-corrected chi connectivity index (χ0v) is 10.4. The van der Waals surface area contributed by atoms with Crippen molar-refractivity contribution in [2.45, 2.75) is 25.2 Å². The molecule has 1 saturated heterocycles. The second kappa shape index (κ2) is 5.21. The molecule has 1 heterocycles. The van der Waals surface area contributed by atoms with Crippen LogP contribution in [0.2, 0.25) is 0 Å². The lowest BCUT2D eigenvalue weighted by Gasteiger charge is -2.39. The van der Waals surface area contributed by atoms with Crippen molar-refractivity contribution in [1.29, 1.82) is 0 Å². The molecule has 1 aromatic carbocycles. The van der Waals surface area contributed by atoms with E-state index in [-0.39, 0.29) is 12.6 Å². The van der Waals surface area contributed by atoms with Crippen LogP contribution in [0.1, 0.15) is 18.5 Å². The molecular weight excluding hydrogens is 257 g/mol. The van der Waals surface area contributed by atoms with Crippen LogP contribution in [0.4, 0.5) is 13.2 Å². The maximum atomic E-state index is 12.6. The number of nitrogens with one attached hydrogen (secondary N) is 1. The fourth-order valence-corrected chi connectivity index (χ4v) is 2.27. The van der Waals surface area contributed by atoms with E-state index in [1.165, 1.54) is 0 Å². The number of nitrogens with zero attached hydrogens (tertiary/aromatic N) is 1. The molecular formula is C13H15F3N2O. The van der Waals surface area contributed by atoms with Gasteiger partial charge >= 0.3 is 12.1 Å². The summed E-state index contributed by atoms with van der Waals surface area (Å²) in [5, 5.41) is 3.11. The van der Waals surface area contributed by atoms with Crippen LogP contribution in [-0.4, -0.2) is 36.1 Å². The van der Waals surface area contributed by atoms with Crippen LogP contribution in [0.5, 0.6) is 0 Å². The number of halogens is 3. The highest BCUT2D eigenvalue weighted by molar-refractivity contribution is 5.82. The maximum absolute atomic E-state index is 12.6. The van der Waals surface area contributed by atoms with Crippen LogP contribution in [0.25, 0.3) is 0 Å². The smallest absolute Gasteiger partial charge is 0.325 e. The monoisotopic (exact) mass is 272 g/mol. The summed E-state index contributed by atoms with van der Waals surface area (Å²) in [6, 6.07) is 8.04. The summed E-state index contributed by atoms with van der Waals surface area (Å²) >= 11 is 0. The molecule has 1 N–H and O–H groups in total. The van der Waals surface area contributed by atoms with Crippen molar-refractivity contribution in [1.82, 2.24) is 10.2 Å². The number of benzene rings is 1. The van der Waals surface area contributed by atoms with E-state index in [2.05, 4.69) is 5.32 Å². The molecule has 0 bridgehead atoms. The molecule has 0 saturated carbocycles. The van der Waals surface area contributed by atoms with E-state index in [0.717, 1.165) is 4.90 Å². The molecule has 1 amide bonds. The Balaban J connectivity index is 2.28. The van der Waals surface area contributed by atoms with Crippen LogP contribution in [0.3, 0.4) is 0 Å². The molecule has 6 heteroatoms. The Kier molecular flexibility index (Phi) is 3.80. The zero-order valence-electron chi connectivity index (χ0n) is 10.4. The van der Waals surface area contributed by atoms with Crippen molar-refractivity contribution in [2.24, 2.45) is 0 Å². The second-order valence-corrected chi connectivity index (χ2v) is 4.69. The predicted octanol–water partition coefficient (Wildman–Crippen LogP) is 2.11. The topological polar surface area (TPSA) is 32.3 Å². The predicted molar refractivity (Wildman–Crippen MR) is 64.4 cm³/mol. The van der Waals surface area contributed by atoms with Gasteiger partial charge in [-0.05, 0) is 12.5 Å². The number of hydrogen-bond donors (Lipinski definition) is 1. The SMILES string of the molecule is C[C@@H]1CN(C(=O)C(F)(F)F)[C@@H](c2ccccc2)CN1. The van der Waals surface area contributed by atoms with Gasteiger partial charge in [-0.1, -0.05) is 30.3 Å². The van der Waals surface area contributed by atoms with Crippen LogP contribution in [0.15, 0.2) is 30.3 Å². The van der Waals surface area contributed by atoms with E-state index < -0.39 is 18.1 Å². The minimum atomic E-state index is -4.83. The van der Waals surface area contributed by atoms with Crippen molar-refractivity contribution in [3.8, 4) is 0 Å². The Morgan fingerprint density at radius 1 is 1.32 bits per heavy atom. The van der Waals surface area contributed by atoms with Gasteiger partial charge in [-0.15, -0.1) is 0 Å². The van der Waals surface area contributed by atoms with E-state index in [0.29, 0.717) is 12.1 Å². The average molecular weight is 272 g/mol. The summed E-state index contributed by atoms with van der Waals surface area (Å²) < 4.78 is 37.9. The number of hydrogen-bond acceptors (Lipinski definition) is 2. The molecule has 1 aromatic rings. The molecule has 1 fully saturated rings. The van der Waals surface area contributed by atoms with Crippen molar-refractivity contribution in [2.75, 3.05) is 13.1 Å². The first-order chi connectivity index (χ1) is 8.89. The van der Waals surface area contributed by atoms with Crippen LogP contribution >= 0.6 is 0 Å². The fourth-order valence-electron chi connectivity index (χ4n) is 2.27. The van der Waals surface area contributed by atoms with E-state index in [4.69, 9.17) is 0 Å². The molecule has 3 nitrogen and oxygen atoms in total. The highest BCUT2D eigenvalue weighted by Crippen LogP contribution is 2.28. The van der Waals surface area contributed by atoms with E-state index in [9.17, 15) is 18.0 Å². The summed E-state index contributed by atoms with van der Waals surface area (Å²) in [4.78, 5) is 12.4. The second-order valence-electron chi connectivity index (χ2n) is 4.69. The molecule has 1 aliphatic rings.